The molecule has 1 aliphatic heterocycles. The van der Waals surface area contributed by atoms with Gasteiger partial charge in [0.1, 0.15) is 0 Å². The van der Waals surface area contributed by atoms with E-state index in [1.165, 1.54) is 12.0 Å². The molecule has 4 fully saturated rings. The molecule has 5 rings (SSSR count). The van der Waals surface area contributed by atoms with Crippen molar-refractivity contribution in [3.05, 3.63) is 35.9 Å². The first-order chi connectivity index (χ1) is 10.4. The van der Waals surface area contributed by atoms with Gasteiger partial charge in [0.25, 0.3) is 0 Å². The number of rotatable bonds is 3. The van der Waals surface area contributed by atoms with Crippen LogP contribution in [0.15, 0.2) is 30.3 Å². The molecule has 1 aromatic carbocycles. The van der Waals surface area contributed by atoms with E-state index in [-0.39, 0.29) is 24.8 Å². The summed E-state index contributed by atoms with van der Waals surface area (Å²) in [6.45, 7) is 6.99. The average molecular weight is 299 g/mol. The molecular weight excluding hydrogens is 273 g/mol. The fourth-order valence-corrected chi connectivity index (χ4v) is 4.91. The van der Waals surface area contributed by atoms with Gasteiger partial charge in [-0.3, -0.25) is 0 Å². The number of hydrogen-bond donors (Lipinski definition) is 1. The van der Waals surface area contributed by atoms with E-state index in [0.717, 1.165) is 18.8 Å². The van der Waals surface area contributed by atoms with Crippen LogP contribution in [0.25, 0.3) is 0 Å². The highest BCUT2D eigenvalue weighted by Crippen LogP contribution is 2.64. The largest absolute Gasteiger partial charge is 0.475 e. The molecule has 118 valence electrons. The van der Waals surface area contributed by atoms with Gasteiger partial charge in [-0.2, -0.15) is 0 Å². The maximum Gasteiger partial charge on any atom is 0.475 e. The molecule has 0 spiro atoms. The van der Waals surface area contributed by atoms with Crippen molar-refractivity contribution in [2.24, 2.45) is 23.0 Å². The fourth-order valence-electron chi connectivity index (χ4n) is 4.91. The third-order valence-electron chi connectivity index (χ3n) is 6.50. The van der Waals surface area contributed by atoms with E-state index < -0.39 is 0 Å². The molecule has 0 radical (unpaired) electrons. The molecule has 2 bridgehead atoms. The molecular formula is C18H26BNO2. The smallest absolute Gasteiger partial charge is 0.404 e. The van der Waals surface area contributed by atoms with Crippen molar-refractivity contribution < 1.29 is 9.31 Å². The van der Waals surface area contributed by atoms with Gasteiger partial charge < -0.3 is 15.0 Å². The highest BCUT2D eigenvalue weighted by atomic mass is 16.7. The minimum atomic E-state index is -0.273. The van der Waals surface area contributed by atoms with Crippen molar-refractivity contribution in [2.45, 2.75) is 57.7 Å². The minimum Gasteiger partial charge on any atom is -0.404 e. The third-order valence-corrected chi connectivity index (χ3v) is 6.50. The molecule has 1 saturated heterocycles. The zero-order valence-corrected chi connectivity index (χ0v) is 13.8. The van der Waals surface area contributed by atoms with Crippen molar-refractivity contribution in [3.8, 4) is 0 Å². The van der Waals surface area contributed by atoms with Gasteiger partial charge in [-0.25, -0.2) is 0 Å². The van der Waals surface area contributed by atoms with Crippen LogP contribution in [-0.2, 0) is 15.7 Å². The summed E-state index contributed by atoms with van der Waals surface area (Å²) >= 11 is 0. The van der Waals surface area contributed by atoms with E-state index in [1.807, 2.05) is 6.07 Å². The minimum absolute atomic E-state index is 0.106. The molecule has 5 atom stereocenters. The van der Waals surface area contributed by atoms with E-state index in [2.05, 4.69) is 45.0 Å². The van der Waals surface area contributed by atoms with Crippen LogP contribution < -0.4 is 5.73 Å². The fraction of sp³-hybridized carbons (Fsp3) is 0.667. The summed E-state index contributed by atoms with van der Waals surface area (Å²) in [5.74, 6) is 1.28. The molecule has 1 unspecified atom stereocenters. The molecule has 2 N–H and O–H groups in total. The van der Waals surface area contributed by atoms with Crippen LogP contribution in [0.2, 0.25) is 0 Å². The highest BCUT2D eigenvalue weighted by Gasteiger charge is 2.67. The Kier molecular flexibility index (Phi) is 3.23. The summed E-state index contributed by atoms with van der Waals surface area (Å²) in [5.41, 5.74) is 7.90. The Hall–Kier alpha value is -0.835. The lowest BCUT2D eigenvalue weighted by atomic mass is 9.45. The lowest BCUT2D eigenvalue weighted by molar-refractivity contribution is -0.185. The molecule has 1 heterocycles. The van der Waals surface area contributed by atoms with Crippen LogP contribution >= 0.6 is 0 Å². The standard InChI is InChI=1S/C18H26BNO2/c1-17(2)13-10-14(17)16-18(3,11-13)22-19(21-16)15(20)9-12-7-5-4-6-8-12/h4-8,13-16H,9-11,20H2,1-3H3/t13?,14-,15+,16+,18-/m1/s1. The molecule has 3 aliphatic carbocycles. The number of benzene rings is 1. The van der Waals surface area contributed by atoms with Gasteiger partial charge in [0.2, 0.25) is 0 Å². The maximum absolute atomic E-state index is 6.40. The third kappa shape index (κ3) is 2.08. The molecule has 4 heteroatoms. The molecule has 3 nitrogen and oxygen atoms in total. The van der Waals surface area contributed by atoms with E-state index in [9.17, 15) is 0 Å². The van der Waals surface area contributed by atoms with Crippen LogP contribution in [-0.4, -0.2) is 24.8 Å². The summed E-state index contributed by atoms with van der Waals surface area (Å²) in [6, 6.07) is 10.4. The Labute approximate surface area is 133 Å². The second-order valence-corrected chi connectivity index (χ2v) is 8.27. The van der Waals surface area contributed by atoms with E-state index >= 15 is 0 Å². The second kappa shape index (κ2) is 4.83. The van der Waals surface area contributed by atoms with E-state index in [1.54, 1.807) is 0 Å². The second-order valence-electron chi connectivity index (χ2n) is 8.27. The van der Waals surface area contributed by atoms with Crippen LogP contribution in [0.1, 0.15) is 39.2 Å². The molecule has 0 amide bonds. The zero-order valence-electron chi connectivity index (χ0n) is 13.8. The molecule has 0 aromatic heterocycles. The SMILES string of the molecule is CC1(C)C2C[C@@H]1[C@@H]1OB([C@@H](N)Cc3ccccc3)O[C@]1(C)C2. The van der Waals surface area contributed by atoms with E-state index in [0.29, 0.717) is 11.3 Å². The Bertz CT molecular complexity index is 563. The monoisotopic (exact) mass is 299 g/mol. The average Bonchev–Trinajstić information content (AvgIpc) is 2.85. The van der Waals surface area contributed by atoms with Gasteiger partial charge in [-0.15, -0.1) is 0 Å². The predicted octanol–water partition coefficient (Wildman–Crippen LogP) is 2.82. The highest BCUT2D eigenvalue weighted by molar-refractivity contribution is 6.47. The summed E-state index contributed by atoms with van der Waals surface area (Å²) in [6.07, 6.45) is 3.40. The summed E-state index contributed by atoms with van der Waals surface area (Å²) in [7, 11) is -0.273. The van der Waals surface area contributed by atoms with Crippen molar-refractivity contribution >= 4 is 7.12 Å². The first kappa shape index (κ1) is 14.7. The quantitative estimate of drug-likeness (QED) is 0.873. The molecule has 4 aliphatic rings. The summed E-state index contributed by atoms with van der Waals surface area (Å²) in [5, 5.41) is 0. The van der Waals surface area contributed by atoms with Crippen LogP contribution in [0.3, 0.4) is 0 Å². The topological polar surface area (TPSA) is 44.5 Å². The van der Waals surface area contributed by atoms with Gasteiger partial charge in [-0.1, -0.05) is 44.2 Å². The van der Waals surface area contributed by atoms with Crippen molar-refractivity contribution in [1.82, 2.24) is 0 Å². The summed E-state index contributed by atoms with van der Waals surface area (Å²) in [4.78, 5) is 0. The van der Waals surface area contributed by atoms with Crippen LogP contribution in [0.5, 0.6) is 0 Å². The van der Waals surface area contributed by atoms with Gasteiger partial charge in [0, 0.05) is 5.94 Å². The number of nitrogens with two attached hydrogens (primary N) is 1. The van der Waals surface area contributed by atoms with Crippen molar-refractivity contribution in [1.29, 1.82) is 0 Å². The number of hydrogen-bond acceptors (Lipinski definition) is 3. The van der Waals surface area contributed by atoms with Crippen LogP contribution in [0, 0.1) is 17.3 Å². The first-order valence-corrected chi connectivity index (χ1v) is 8.53. The Morgan fingerprint density at radius 2 is 2.00 bits per heavy atom. The van der Waals surface area contributed by atoms with Gasteiger partial charge in [0.05, 0.1) is 11.7 Å². The van der Waals surface area contributed by atoms with Gasteiger partial charge in [-0.05, 0) is 49.0 Å². The molecule has 1 aromatic rings. The summed E-state index contributed by atoms with van der Waals surface area (Å²) < 4.78 is 12.7. The van der Waals surface area contributed by atoms with Crippen molar-refractivity contribution in [3.63, 3.8) is 0 Å². The van der Waals surface area contributed by atoms with E-state index in [4.69, 9.17) is 15.0 Å². The normalized spacial score (nSPS) is 40.0. The van der Waals surface area contributed by atoms with Crippen molar-refractivity contribution in [2.75, 3.05) is 0 Å². The predicted molar refractivity (Wildman–Crippen MR) is 88.2 cm³/mol. The lowest BCUT2D eigenvalue weighted by Gasteiger charge is -2.63. The lowest BCUT2D eigenvalue weighted by Crippen LogP contribution is -2.63. The zero-order chi connectivity index (χ0) is 15.5. The first-order valence-electron chi connectivity index (χ1n) is 8.53. The van der Waals surface area contributed by atoms with Gasteiger partial charge in [0.15, 0.2) is 0 Å². The molecule has 3 saturated carbocycles. The van der Waals surface area contributed by atoms with Crippen LogP contribution in [0.4, 0.5) is 0 Å². The Morgan fingerprint density at radius 1 is 1.27 bits per heavy atom. The Morgan fingerprint density at radius 3 is 2.68 bits per heavy atom. The van der Waals surface area contributed by atoms with Gasteiger partial charge >= 0.3 is 7.12 Å². The maximum atomic E-state index is 6.40. The molecule has 22 heavy (non-hydrogen) atoms. The Balaban J connectivity index is 1.48.